The van der Waals surface area contributed by atoms with Gasteiger partial charge in [0.1, 0.15) is 18.1 Å². The minimum absolute atomic E-state index is 0.0461. The van der Waals surface area contributed by atoms with E-state index in [2.05, 4.69) is 10.6 Å². The van der Waals surface area contributed by atoms with Crippen molar-refractivity contribution in [1.29, 1.82) is 0 Å². The fourth-order valence-electron chi connectivity index (χ4n) is 3.09. The largest absolute Gasteiger partial charge is 0.481 e. The summed E-state index contributed by atoms with van der Waals surface area (Å²) in [6, 6.07) is 3.29. The maximum absolute atomic E-state index is 13.0. The molecule has 0 saturated heterocycles. The van der Waals surface area contributed by atoms with E-state index in [0.717, 1.165) is 0 Å². The SMILES string of the molecule is NCCCCC(N)C(=O)NC(Cc1ccccc1)C(=O)NC(CO)C(=O)NC(CC(=O)O)C(=O)O. The number of unbranched alkanes of at least 4 members (excludes halogenated alkanes) is 1. The number of carboxylic acid groups (broad SMARTS) is 2. The molecule has 10 N–H and O–H groups in total. The van der Waals surface area contributed by atoms with Gasteiger partial charge in [0, 0.05) is 6.42 Å². The summed E-state index contributed by atoms with van der Waals surface area (Å²) < 4.78 is 0. The van der Waals surface area contributed by atoms with Crippen LogP contribution in [0.2, 0.25) is 0 Å². The zero-order valence-corrected chi connectivity index (χ0v) is 19.2. The fourth-order valence-corrected chi connectivity index (χ4v) is 3.09. The molecule has 1 aromatic carbocycles. The molecule has 4 atom stereocenters. The topological polar surface area (TPSA) is 234 Å². The molecule has 0 aromatic heterocycles. The molecular formula is C22H33N5O8. The summed E-state index contributed by atoms with van der Waals surface area (Å²) in [7, 11) is 0. The van der Waals surface area contributed by atoms with Crippen molar-refractivity contribution < 1.29 is 39.3 Å². The first-order valence-electron chi connectivity index (χ1n) is 11.0. The number of nitrogens with one attached hydrogen (secondary N) is 3. The van der Waals surface area contributed by atoms with Crippen LogP contribution in [-0.2, 0) is 30.4 Å². The lowest BCUT2D eigenvalue weighted by atomic mass is 10.0. The molecule has 35 heavy (non-hydrogen) atoms. The van der Waals surface area contributed by atoms with Gasteiger partial charge in [-0.3, -0.25) is 19.2 Å². The number of benzene rings is 1. The summed E-state index contributed by atoms with van der Waals surface area (Å²) in [4.78, 5) is 59.9. The second-order valence-corrected chi connectivity index (χ2v) is 7.88. The Bertz CT molecular complexity index is 867. The van der Waals surface area contributed by atoms with Crippen molar-refractivity contribution in [2.45, 2.75) is 56.3 Å². The highest BCUT2D eigenvalue weighted by atomic mass is 16.4. The van der Waals surface area contributed by atoms with E-state index in [1.807, 2.05) is 5.32 Å². The van der Waals surface area contributed by atoms with E-state index < -0.39 is 66.9 Å². The Hall–Kier alpha value is -3.55. The number of nitrogens with two attached hydrogens (primary N) is 2. The van der Waals surface area contributed by atoms with E-state index in [1.54, 1.807) is 30.3 Å². The second kappa shape index (κ2) is 15.4. The Morgan fingerprint density at radius 3 is 1.94 bits per heavy atom. The second-order valence-electron chi connectivity index (χ2n) is 7.88. The number of aliphatic hydroxyl groups is 1. The molecule has 194 valence electrons. The summed E-state index contributed by atoms with van der Waals surface area (Å²) in [5.41, 5.74) is 12.0. The predicted octanol–water partition coefficient (Wildman–Crippen LogP) is -2.31. The summed E-state index contributed by atoms with van der Waals surface area (Å²) >= 11 is 0. The monoisotopic (exact) mass is 495 g/mol. The van der Waals surface area contributed by atoms with Gasteiger partial charge in [0.05, 0.1) is 19.1 Å². The third-order valence-corrected chi connectivity index (χ3v) is 5.03. The minimum atomic E-state index is -1.77. The average molecular weight is 496 g/mol. The smallest absolute Gasteiger partial charge is 0.326 e. The van der Waals surface area contributed by atoms with E-state index in [0.29, 0.717) is 31.4 Å². The van der Waals surface area contributed by atoms with E-state index in [-0.39, 0.29) is 6.42 Å². The maximum Gasteiger partial charge on any atom is 0.326 e. The van der Waals surface area contributed by atoms with Crippen LogP contribution in [0.5, 0.6) is 0 Å². The number of hydrogen-bond donors (Lipinski definition) is 8. The van der Waals surface area contributed by atoms with E-state index in [1.165, 1.54) is 0 Å². The van der Waals surface area contributed by atoms with Crippen LogP contribution >= 0.6 is 0 Å². The molecule has 0 aliphatic heterocycles. The van der Waals surface area contributed by atoms with Gasteiger partial charge in [0.25, 0.3) is 0 Å². The number of carbonyl (C=O) groups is 5. The third kappa shape index (κ3) is 10.9. The van der Waals surface area contributed by atoms with Crippen molar-refractivity contribution in [3.05, 3.63) is 35.9 Å². The molecule has 13 nitrogen and oxygen atoms in total. The molecule has 0 radical (unpaired) electrons. The Morgan fingerprint density at radius 1 is 0.829 bits per heavy atom. The number of amides is 3. The Kier molecular flexibility index (Phi) is 12.9. The summed E-state index contributed by atoms with van der Waals surface area (Å²) in [5, 5.41) is 34.3. The molecule has 0 fully saturated rings. The van der Waals surface area contributed by atoms with Crippen molar-refractivity contribution in [3.8, 4) is 0 Å². The van der Waals surface area contributed by atoms with Gasteiger partial charge < -0.3 is 42.7 Å². The summed E-state index contributed by atoms with van der Waals surface area (Å²) in [6.45, 7) is -0.450. The number of rotatable bonds is 16. The summed E-state index contributed by atoms with van der Waals surface area (Å²) in [6.07, 6.45) is 0.798. The molecule has 0 aliphatic rings. The van der Waals surface area contributed by atoms with Crippen LogP contribution in [0.1, 0.15) is 31.2 Å². The van der Waals surface area contributed by atoms with E-state index in [4.69, 9.17) is 21.7 Å². The zero-order valence-electron chi connectivity index (χ0n) is 19.2. The fraction of sp³-hybridized carbons (Fsp3) is 0.500. The van der Waals surface area contributed by atoms with Crippen molar-refractivity contribution in [3.63, 3.8) is 0 Å². The molecule has 13 heteroatoms. The van der Waals surface area contributed by atoms with Crippen LogP contribution in [0.25, 0.3) is 0 Å². The van der Waals surface area contributed by atoms with Crippen LogP contribution in [0.3, 0.4) is 0 Å². The lowest BCUT2D eigenvalue weighted by Gasteiger charge is -2.24. The highest BCUT2D eigenvalue weighted by molar-refractivity contribution is 5.94. The standard InChI is InChI=1S/C22H33N5O8/c23-9-5-4-8-14(24)19(31)25-15(10-13-6-2-1-3-7-13)20(32)27-17(12-28)21(33)26-16(22(34)35)11-18(29)30/h1-3,6-7,14-17,28H,4-5,8-12,23-24H2,(H,25,31)(H,26,33)(H,27,32)(H,29,30)(H,34,35). The van der Waals surface area contributed by atoms with Gasteiger partial charge >= 0.3 is 11.9 Å². The molecule has 3 amide bonds. The van der Waals surface area contributed by atoms with Gasteiger partial charge in [-0.25, -0.2) is 4.79 Å². The minimum Gasteiger partial charge on any atom is -0.481 e. The number of aliphatic carboxylic acids is 2. The predicted molar refractivity (Wildman–Crippen MR) is 124 cm³/mol. The quantitative estimate of drug-likeness (QED) is 0.114. The van der Waals surface area contributed by atoms with Crippen LogP contribution in [0, 0.1) is 0 Å². The number of carbonyl (C=O) groups excluding carboxylic acids is 3. The van der Waals surface area contributed by atoms with Crippen molar-refractivity contribution in [2.75, 3.05) is 13.2 Å². The number of aliphatic hydroxyl groups excluding tert-OH is 1. The normalized spacial score (nSPS) is 14.1. The van der Waals surface area contributed by atoms with Crippen LogP contribution in [0.4, 0.5) is 0 Å². The molecule has 4 unspecified atom stereocenters. The number of carboxylic acids is 2. The van der Waals surface area contributed by atoms with Gasteiger partial charge in [-0.2, -0.15) is 0 Å². The van der Waals surface area contributed by atoms with Crippen LogP contribution in [-0.4, -0.2) is 82.3 Å². The van der Waals surface area contributed by atoms with Crippen LogP contribution < -0.4 is 27.4 Å². The Morgan fingerprint density at radius 2 is 1.40 bits per heavy atom. The first-order valence-corrected chi connectivity index (χ1v) is 11.0. The molecule has 1 aromatic rings. The molecule has 0 saturated carbocycles. The highest BCUT2D eigenvalue weighted by Crippen LogP contribution is 2.06. The molecule has 0 aliphatic carbocycles. The van der Waals surface area contributed by atoms with Gasteiger partial charge in [-0.15, -0.1) is 0 Å². The lowest BCUT2D eigenvalue weighted by molar-refractivity contribution is -0.147. The molecule has 0 spiro atoms. The van der Waals surface area contributed by atoms with E-state index >= 15 is 0 Å². The number of hydrogen-bond acceptors (Lipinski definition) is 8. The van der Waals surface area contributed by atoms with Crippen LogP contribution in [0.15, 0.2) is 30.3 Å². The Labute approximate surface area is 202 Å². The van der Waals surface area contributed by atoms with E-state index in [9.17, 15) is 29.1 Å². The first-order chi connectivity index (χ1) is 16.6. The maximum atomic E-state index is 13.0. The van der Waals surface area contributed by atoms with Crippen molar-refractivity contribution in [1.82, 2.24) is 16.0 Å². The molecule has 0 bridgehead atoms. The molecular weight excluding hydrogens is 462 g/mol. The van der Waals surface area contributed by atoms with Crippen molar-refractivity contribution in [2.24, 2.45) is 11.5 Å². The van der Waals surface area contributed by atoms with Gasteiger partial charge in [-0.1, -0.05) is 36.8 Å². The zero-order chi connectivity index (χ0) is 26.4. The van der Waals surface area contributed by atoms with Gasteiger partial charge in [0.2, 0.25) is 17.7 Å². The Balaban J connectivity index is 2.95. The van der Waals surface area contributed by atoms with Crippen molar-refractivity contribution >= 4 is 29.7 Å². The molecule has 1 rings (SSSR count). The molecule has 0 heterocycles. The lowest BCUT2D eigenvalue weighted by Crippen LogP contribution is -2.58. The average Bonchev–Trinajstić information content (AvgIpc) is 2.81. The first kappa shape index (κ1) is 29.5. The van der Waals surface area contributed by atoms with Gasteiger partial charge in [-0.05, 0) is 24.9 Å². The third-order valence-electron chi connectivity index (χ3n) is 5.03. The highest BCUT2D eigenvalue weighted by Gasteiger charge is 2.31. The van der Waals surface area contributed by atoms with Gasteiger partial charge in [0.15, 0.2) is 0 Å². The summed E-state index contributed by atoms with van der Waals surface area (Å²) in [5.74, 6) is -5.57.